The standard InChI is InChI=1S/C18H22N4O3/c1-4-5-6-25-14(23)9-22-16-11(2)7-12(24-3)8-13(16)15-17(19)20-10-21-18(15)22/h7-8,10H,4-6,9H2,1-3H3,(H2,19,20,21). The molecule has 2 N–H and O–H groups in total. The number of carbonyl (C=O) groups is 1. The lowest BCUT2D eigenvalue weighted by Crippen LogP contribution is -2.15. The molecule has 25 heavy (non-hydrogen) atoms. The van der Waals surface area contributed by atoms with Gasteiger partial charge < -0.3 is 19.8 Å². The number of nitrogens with zero attached hydrogens (tertiary/aromatic N) is 3. The second-order valence-electron chi connectivity index (χ2n) is 5.96. The van der Waals surface area contributed by atoms with Crippen molar-refractivity contribution in [2.45, 2.75) is 33.2 Å². The van der Waals surface area contributed by atoms with Gasteiger partial charge in [-0.2, -0.15) is 0 Å². The van der Waals surface area contributed by atoms with E-state index in [-0.39, 0.29) is 12.5 Å². The molecule has 0 saturated carbocycles. The van der Waals surface area contributed by atoms with Crippen LogP contribution in [0.25, 0.3) is 21.9 Å². The van der Waals surface area contributed by atoms with E-state index < -0.39 is 0 Å². The molecule has 0 aliphatic carbocycles. The van der Waals surface area contributed by atoms with Gasteiger partial charge in [0.05, 0.1) is 24.6 Å². The molecule has 0 fully saturated rings. The molecule has 2 heterocycles. The quantitative estimate of drug-likeness (QED) is 0.547. The monoisotopic (exact) mass is 342 g/mol. The van der Waals surface area contributed by atoms with Crippen LogP contribution in [-0.2, 0) is 16.1 Å². The highest BCUT2D eigenvalue weighted by Crippen LogP contribution is 2.35. The van der Waals surface area contributed by atoms with Crippen LogP contribution in [0, 0.1) is 6.92 Å². The fourth-order valence-electron chi connectivity index (χ4n) is 3.03. The highest BCUT2D eigenvalue weighted by Gasteiger charge is 2.19. The summed E-state index contributed by atoms with van der Waals surface area (Å²) < 4.78 is 12.5. The molecule has 2 aromatic heterocycles. The predicted molar refractivity (Wildman–Crippen MR) is 96.6 cm³/mol. The number of aromatic nitrogens is 3. The van der Waals surface area contributed by atoms with E-state index in [1.165, 1.54) is 6.33 Å². The van der Waals surface area contributed by atoms with E-state index in [2.05, 4.69) is 16.9 Å². The van der Waals surface area contributed by atoms with Crippen molar-refractivity contribution in [2.24, 2.45) is 0 Å². The molecule has 0 atom stereocenters. The first kappa shape index (κ1) is 17.0. The normalized spacial score (nSPS) is 11.2. The summed E-state index contributed by atoms with van der Waals surface area (Å²) in [5, 5.41) is 1.59. The van der Waals surface area contributed by atoms with Gasteiger partial charge in [-0.25, -0.2) is 9.97 Å². The zero-order valence-corrected chi connectivity index (χ0v) is 14.7. The van der Waals surface area contributed by atoms with Crippen LogP contribution in [0.5, 0.6) is 5.75 Å². The van der Waals surface area contributed by atoms with Crippen molar-refractivity contribution in [1.82, 2.24) is 14.5 Å². The summed E-state index contributed by atoms with van der Waals surface area (Å²) in [6.07, 6.45) is 3.23. The van der Waals surface area contributed by atoms with Crippen molar-refractivity contribution >= 4 is 33.7 Å². The first-order valence-corrected chi connectivity index (χ1v) is 8.29. The third-order valence-corrected chi connectivity index (χ3v) is 4.21. The summed E-state index contributed by atoms with van der Waals surface area (Å²) >= 11 is 0. The summed E-state index contributed by atoms with van der Waals surface area (Å²) in [4.78, 5) is 20.7. The smallest absolute Gasteiger partial charge is 0.326 e. The number of hydrogen-bond acceptors (Lipinski definition) is 6. The number of ether oxygens (including phenoxy) is 2. The van der Waals surface area contributed by atoms with Crippen LogP contribution in [-0.4, -0.2) is 34.2 Å². The average molecular weight is 342 g/mol. The summed E-state index contributed by atoms with van der Waals surface area (Å²) in [6, 6.07) is 3.81. The Morgan fingerprint density at radius 1 is 1.32 bits per heavy atom. The van der Waals surface area contributed by atoms with Crippen LogP contribution < -0.4 is 10.5 Å². The van der Waals surface area contributed by atoms with Crippen LogP contribution in [0.3, 0.4) is 0 Å². The number of benzene rings is 1. The zero-order valence-electron chi connectivity index (χ0n) is 14.7. The third kappa shape index (κ3) is 3.09. The number of nitrogens with two attached hydrogens (primary N) is 1. The molecular weight excluding hydrogens is 320 g/mol. The minimum Gasteiger partial charge on any atom is -0.497 e. The molecule has 3 aromatic rings. The Kier molecular flexibility index (Phi) is 4.74. The van der Waals surface area contributed by atoms with Gasteiger partial charge in [-0.05, 0) is 31.0 Å². The number of rotatable bonds is 6. The van der Waals surface area contributed by atoms with Crippen LogP contribution in [0.4, 0.5) is 5.82 Å². The second-order valence-corrected chi connectivity index (χ2v) is 5.96. The molecule has 7 nitrogen and oxygen atoms in total. The van der Waals surface area contributed by atoms with Crippen LogP contribution >= 0.6 is 0 Å². The molecule has 0 saturated heterocycles. The van der Waals surface area contributed by atoms with E-state index >= 15 is 0 Å². The summed E-state index contributed by atoms with van der Waals surface area (Å²) in [5.41, 5.74) is 8.55. The van der Waals surface area contributed by atoms with Gasteiger partial charge in [-0.1, -0.05) is 13.3 Å². The van der Waals surface area contributed by atoms with Gasteiger partial charge >= 0.3 is 5.97 Å². The third-order valence-electron chi connectivity index (χ3n) is 4.21. The maximum Gasteiger partial charge on any atom is 0.326 e. The molecule has 0 bridgehead atoms. The fraction of sp³-hybridized carbons (Fsp3) is 0.389. The first-order chi connectivity index (χ1) is 12.1. The number of fused-ring (bicyclic) bond motifs is 3. The van der Waals surface area contributed by atoms with Gasteiger partial charge in [-0.3, -0.25) is 4.79 Å². The minimum absolute atomic E-state index is 0.0767. The van der Waals surface area contributed by atoms with E-state index in [0.717, 1.165) is 40.4 Å². The molecule has 0 spiro atoms. The Hall–Kier alpha value is -2.83. The minimum atomic E-state index is -0.292. The molecule has 7 heteroatoms. The number of carbonyl (C=O) groups excluding carboxylic acids is 1. The van der Waals surface area contributed by atoms with E-state index in [1.807, 2.05) is 23.6 Å². The first-order valence-electron chi connectivity index (χ1n) is 8.29. The van der Waals surface area contributed by atoms with Gasteiger partial charge in [-0.15, -0.1) is 0 Å². The van der Waals surface area contributed by atoms with E-state index in [9.17, 15) is 4.79 Å². The molecule has 0 radical (unpaired) electrons. The summed E-state index contributed by atoms with van der Waals surface area (Å²) in [5.74, 6) is 0.804. The maximum atomic E-state index is 12.2. The van der Waals surface area contributed by atoms with E-state index in [4.69, 9.17) is 15.2 Å². The molecule has 0 aliphatic rings. The van der Waals surface area contributed by atoms with Crippen LogP contribution in [0.2, 0.25) is 0 Å². The van der Waals surface area contributed by atoms with Crippen molar-refractivity contribution in [3.05, 3.63) is 24.0 Å². The Morgan fingerprint density at radius 3 is 2.84 bits per heavy atom. The number of hydrogen-bond donors (Lipinski definition) is 1. The molecule has 132 valence electrons. The van der Waals surface area contributed by atoms with E-state index in [1.54, 1.807) is 7.11 Å². The van der Waals surface area contributed by atoms with Crippen molar-refractivity contribution in [1.29, 1.82) is 0 Å². The number of anilines is 1. The van der Waals surface area contributed by atoms with Crippen LogP contribution in [0.15, 0.2) is 18.5 Å². The van der Waals surface area contributed by atoms with Crippen molar-refractivity contribution in [2.75, 3.05) is 19.5 Å². The van der Waals surface area contributed by atoms with Crippen LogP contribution in [0.1, 0.15) is 25.3 Å². The molecular formula is C18H22N4O3. The number of aryl methyl sites for hydroxylation is 1. The lowest BCUT2D eigenvalue weighted by Gasteiger charge is -2.09. The topological polar surface area (TPSA) is 92.3 Å². The van der Waals surface area contributed by atoms with Gasteiger partial charge in [0.15, 0.2) is 0 Å². The maximum absolute atomic E-state index is 12.2. The number of unbranched alkanes of at least 4 members (excludes halogenated alkanes) is 1. The van der Waals surface area contributed by atoms with Crippen molar-refractivity contribution < 1.29 is 14.3 Å². The lowest BCUT2D eigenvalue weighted by atomic mass is 10.1. The Morgan fingerprint density at radius 2 is 2.12 bits per heavy atom. The van der Waals surface area contributed by atoms with Crippen molar-refractivity contribution in [3.63, 3.8) is 0 Å². The molecule has 0 unspecified atom stereocenters. The Labute approximate surface area is 145 Å². The van der Waals surface area contributed by atoms with E-state index in [0.29, 0.717) is 18.1 Å². The highest BCUT2D eigenvalue weighted by molar-refractivity contribution is 6.13. The zero-order chi connectivity index (χ0) is 18.0. The molecule has 1 aromatic carbocycles. The average Bonchev–Trinajstić information content (AvgIpc) is 2.90. The van der Waals surface area contributed by atoms with Gasteiger partial charge in [0, 0.05) is 5.39 Å². The Bertz CT molecular complexity index is 933. The van der Waals surface area contributed by atoms with Crippen molar-refractivity contribution in [3.8, 4) is 5.75 Å². The number of nitrogen functional groups attached to an aromatic ring is 1. The molecule has 0 amide bonds. The Balaban J connectivity index is 2.16. The van der Waals surface area contributed by atoms with Gasteiger partial charge in [0.25, 0.3) is 0 Å². The number of methoxy groups -OCH3 is 1. The predicted octanol–water partition coefficient (Wildman–Crippen LogP) is 2.83. The summed E-state index contributed by atoms with van der Waals surface area (Å²) in [7, 11) is 1.62. The second kappa shape index (κ2) is 6.96. The largest absolute Gasteiger partial charge is 0.497 e. The fourth-order valence-corrected chi connectivity index (χ4v) is 3.03. The highest BCUT2D eigenvalue weighted by atomic mass is 16.5. The summed E-state index contributed by atoms with van der Waals surface area (Å²) in [6.45, 7) is 4.52. The number of esters is 1. The van der Waals surface area contributed by atoms with Gasteiger partial charge in [0.1, 0.15) is 30.1 Å². The SMILES string of the molecule is CCCCOC(=O)Cn1c2ncnc(N)c2c2cc(OC)cc(C)c21. The molecule has 0 aliphatic heterocycles. The molecule has 3 rings (SSSR count). The lowest BCUT2D eigenvalue weighted by molar-refractivity contribution is -0.144. The van der Waals surface area contributed by atoms with Gasteiger partial charge in [0.2, 0.25) is 0 Å².